The van der Waals surface area contributed by atoms with Crippen LogP contribution in [-0.4, -0.2) is 31.0 Å². The third-order valence-electron chi connectivity index (χ3n) is 5.76. The summed E-state index contributed by atoms with van der Waals surface area (Å²) < 4.78 is 5.40. The van der Waals surface area contributed by atoms with Crippen LogP contribution < -0.4 is 10.1 Å². The van der Waals surface area contributed by atoms with E-state index in [2.05, 4.69) is 52.7 Å². The lowest BCUT2D eigenvalue weighted by molar-refractivity contribution is -0.121. The maximum absolute atomic E-state index is 13.0. The molecule has 0 aromatic heterocycles. The van der Waals surface area contributed by atoms with E-state index in [1.54, 1.807) is 7.11 Å². The zero-order chi connectivity index (χ0) is 20.2. The topological polar surface area (TPSA) is 41.6 Å². The number of amides is 1. The number of nitrogens with one attached hydrogen (secondary N) is 1. The number of rotatable bonds is 5. The van der Waals surface area contributed by atoms with Gasteiger partial charge in [0.1, 0.15) is 5.75 Å². The average Bonchev–Trinajstić information content (AvgIpc) is 2.74. The number of anilines is 1. The molecule has 3 aromatic rings. The van der Waals surface area contributed by atoms with Crippen LogP contribution in [0.5, 0.6) is 5.75 Å². The van der Waals surface area contributed by atoms with Gasteiger partial charge in [-0.1, -0.05) is 48.5 Å². The summed E-state index contributed by atoms with van der Waals surface area (Å²) in [5.74, 6) is 0.771. The molecule has 29 heavy (non-hydrogen) atoms. The first kappa shape index (κ1) is 19.5. The monoisotopic (exact) mass is 388 g/mol. The Kier molecular flexibility index (Phi) is 5.81. The molecule has 1 aliphatic rings. The lowest BCUT2D eigenvalue weighted by Gasteiger charge is -2.32. The molecule has 1 heterocycles. The smallest absolute Gasteiger partial charge is 0.228 e. The summed E-state index contributed by atoms with van der Waals surface area (Å²) in [5, 5.41) is 5.66. The van der Waals surface area contributed by atoms with E-state index in [1.807, 2.05) is 25.1 Å². The summed E-state index contributed by atoms with van der Waals surface area (Å²) in [6.07, 6.45) is 1.96. The average molecular weight is 389 g/mol. The lowest BCUT2D eigenvalue weighted by atomic mass is 9.95. The molecule has 4 heteroatoms. The van der Waals surface area contributed by atoms with E-state index in [-0.39, 0.29) is 11.8 Å². The Hall–Kier alpha value is -2.85. The van der Waals surface area contributed by atoms with Crippen molar-refractivity contribution in [3.05, 3.63) is 71.8 Å². The number of hydrogen-bond donors (Lipinski definition) is 1. The van der Waals surface area contributed by atoms with Crippen molar-refractivity contribution >= 4 is 22.4 Å². The van der Waals surface area contributed by atoms with Gasteiger partial charge >= 0.3 is 0 Å². The second-order valence-corrected chi connectivity index (χ2v) is 7.91. The normalized spacial score (nSPS) is 17.2. The van der Waals surface area contributed by atoms with E-state index >= 15 is 0 Å². The number of methoxy groups -OCH3 is 1. The van der Waals surface area contributed by atoms with Gasteiger partial charge in [0.15, 0.2) is 0 Å². The van der Waals surface area contributed by atoms with Crippen LogP contribution in [0.15, 0.2) is 60.7 Å². The van der Waals surface area contributed by atoms with E-state index in [4.69, 9.17) is 4.74 Å². The zero-order valence-corrected chi connectivity index (χ0v) is 17.2. The molecule has 4 rings (SSSR count). The minimum atomic E-state index is -0.0102. The molecule has 1 aliphatic heterocycles. The highest BCUT2D eigenvalue weighted by Gasteiger charge is 2.26. The molecule has 1 saturated heterocycles. The predicted molar refractivity (Wildman–Crippen MR) is 118 cm³/mol. The molecule has 0 spiro atoms. The molecule has 1 amide bonds. The van der Waals surface area contributed by atoms with Gasteiger partial charge in [-0.25, -0.2) is 0 Å². The van der Waals surface area contributed by atoms with Crippen LogP contribution in [0.4, 0.5) is 5.69 Å². The summed E-state index contributed by atoms with van der Waals surface area (Å²) in [6.45, 7) is 4.70. The fourth-order valence-corrected chi connectivity index (χ4v) is 4.24. The molecule has 1 N–H and O–H groups in total. The summed E-state index contributed by atoms with van der Waals surface area (Å²) in [4.78, 5) is 15.4. The van der Waals surface area contributed by atoms with Gasteiger partial charge in [0, 0.05) is 13.1 Å². The summed E-state index contributed by atoms with van der Waals surface area (Å²) in [6, 6.07) is 20.8. The van der Waals surface area contributed by atoms with Crippen LogP contribution in [0.1, 0.15) is 24.0 Å². The van der Waals surface area contributed by atoms with Crippen LogP contribution in [0, 0.1) is 12.8 Å². The van der Waals surface area contributed by atoms with Gasteiger partial charge in [0.2, 0.25) is 5.91 Å². The second-order valence-electron chi connectivity index (χ2n) is 7.91. The number of likely N-dealkylation sites (tertiary alicyclic amines) is 1. The minimum Gasteiger partial charge on any atom is -0.495 e. The Morgan fingerprint density at radius 2 is 1.97 bits per heavy atom. The zero-order valence-electron chi connectivity index (χ0n) is 17.2. The van der Waals surface area contributed by atoms with Gasteiger partial charge < -0.3 is 10.1 Å². The van der Waals surface area contributed by atoms with E-state index < -0.39 is 0 Å². The van der Waals surface area contributed by atoms with Crippen molar-refractivity contribution in [1.82, 2.24) is 4.90 Å². The van der Waals surface area contributed by atoms with Crippen LogP contribution in [0.3, 0.4) is 0 Å². The van der Waals surface area contributed by atoms with Crippen LogP contribution in [0.2, 0.25) is 0 Å². The lowest BCUT2D eigenvalue weighted by Crippen LogP contribution is -2.40. The Morgan fingerprint density at radius 3 is 2.83 bits per heavy atom. The van der Waals surface area contributed by atoms with Crippen LogP contribution in [0.25, 0.3) is 10.8 Å². The van der Waals surface area contributed by atoms with E-state index in [1.165, 1.54) is 16.3 Å². The SMILES string of the molecule is COc1ccc(C)cc1NC(=O)C1CCCN(Cc2cccc3ccccc23)C1. The fraction of sp³-hybridized carbons (Fsp3) is 0.320. The number of carbonyl (C=O) groups is 1. The molecule has 0 bridgehead atoms. The number of fused-ring (bicyclic) bond motifs is 1. The van der Waals surface area contributed by atoms with Gasteiger partial charge in [-0.15, -0.1) is 0 Å². The summed E-state index contributed by atoms with van der Waals surface area (Å²) in [7, 11) is 1.63. The number of benzene rings is 3. The van der Waals surface area contributed by atoms with Crippen LogP contribution in [-0.2, 0) is 11.3 Å². The Labute approximate surface area is 172 Å². The molecular weight excluding hydrogens is 360 g/mol. The number of hydrogen-bond acceptors (Lipinski definition) is 3. The molecule has 0 saturated carbocycles. The molecule has 0 aliphatic carbocycles. The Bertz CT molecular complexity index is 1010. The first-order chi connectivity index (χ1) is 14.1. The fourth-order valence-electron chi connectivity index (χ4n) is 4.24. The first-order valence-electron chi connectivity index (χ1n) is 10.3. The molecule has 4 nitrogen and oxygen atoms in total. The summed E-state index contributed by atoms with van der Waals surface area (Å²) in [5.41, 5.74) is 3.18. The number of ether oxygens (including phenoxy) is 1. The molecule has 150 valence electrons. The highest BCUT2D eigenvalue weighted by atomic mass is 16.5. The first-order valence-corrected chi connectivity index (χ1v) is 10.3. The number of aryl methyl sites for hydroxylation is 1. The Morgan fingerprint density at radius 1 is 1.14 bits per heavy atom. The van der Waals surface area contributed by atoms with Crippen molar-refractivity contribution in [3.63, 3.8) is 0 Å². The number of carbonyl (C=O) groups excluding carboxylic acids is 1. The van der Waals surface area contributed by atoms with Crippen molar-refractivity contribution in [2.45, 2.75) is 26.3 Å². The quantitative estimate of drug-likeness (QED) is 0.668. The molecule has 1 unspecified atom stereocenters. The molecule has 0 radical (unpaired) electrons. The van der Waals surface area contributed by atoms with Crippen molar-refractivity contribution in [2.75, 3.05) is 25.5 Å². The number of nitrogens with zero attached hydrogens (tertiary/aromatic N) is 1. The van der Waals surface area contributed by atoms with Crippen molar-refractivity contribution in [3.8, 4) is 5.75 Å². The highest BCUT2D eigenvalue weighted by Crippen LogP contribution is 2.28. The Balaban J connectivity index is 1.45. The van der Waals surface area contributed by atoms with Gasteiger partial charge in [-0.2, -0.15) is 0 Å². The molecule has 1 fully saturated rings. The maximum atomic E-state index is 13.0. The second kappa shape index (κ2) is 8.66. The van der Waals surface area contributed by atoms with Gasteiger partial charge in [0.25, 0.3) is 0 Å². The minimum absolute atomic E-state index is 0.0102. The van der Waals surface area contributed by atoms with Gasteiger partial charge in [-0.3, -0.25) is 9.69 Å². The summed E-state index contributed by atoms with van der Waals surface area (Å²) >= 11 is 0. The van der Waals surface area contributed by atoms with Crippen LogP contribution >= 0.6 is 0 Å². The van der Waals surface area contributed by atoms with Crippen molar-refractivity contribution < 1.29 is 9.53 Å². The number of piperidine rings is 1. The van der Waals surface area contributed by atoms with E-state index in [0.717, 1.165) is 43.7 Å². The molecule has 1 atom stereocenters. The largest absolute Gasteiger partial charge is 0.495 e. The highest BCUT2D eigenvalue weighted by molar-refractivity contribution is 5.94. The maximum Gasteiger partial charge on any atom is 0.228 e. The molecule has 3 aromatic carbocycles. The van der Waals surface area contributed by atoms with Crippen molar-refractivity contribution in [2.24, 2.45) is 5.92 Å². The van der Waals surface area contributed by atoms with Gasteiger partial charge in [-0.05, 0) is 60.3 Å². The van der Waals surface area contributed by atoms with Gasteiger partial charge in [0.05, 0.1) is 18.7 Å². The third kappa shape index (κ3) is 4.43. The van der Waals surface area contributed by atoms with E-state index in [0.29, 0.717) is 5.75 Å². The predicted octanol–water partition coefficient (Wildman–Crippen LogP) is 5.01. The molecular formula is C25H28N2O2. The van der Waals surface area contributed by atoms with Crippen molar-refractivity contribution in [1.29, 1.82) is 0 Å². The third-order valence-corrected chi connectivity index (χ3v) is 5.76. The van der Waals surface area contributed by atoms with E-state index in [9.17, 15) is 4.79 Å². The standard InChI is InChI=1S/C25H28N2O2/c1-18-12-13-24(29-2)23(15-18)26-25(28)21-10-6-14-27(17-21)16-20-9-5-8-19-7-3-4-11-22(19)20/h3-5,7-9,11-13,15,21H,6,10,14,16-17H2,1-2H3,(H,26,28).